The first-order chi connectivity index (χ1) is 5.11. The monoisotopic (exact) mass is 160 g/mol. The van der Waals surface area contributed by atoms with Crippen LogP contribution in [0.5, 0.6) is 0 Å². The highest BCUT2D eigenvalue weighted by atomic mass is 16.6. The molecule has 2 atom stereocenters. The molecule has 0 aromatic rings. The highest BCUT2D eigenvalue weighted by Crippen LogP contribution is 2.17. The second kappa shape index (κ2) is 3.15. The van der Waals surface area contributed by atoms with Gasteiger partial charge in [0.25, 0.3) is 0 Å². The Labute approximate surface area is 64.7 Å². The van der Waals surface area contributed by atoms with Gasteiger partial charge in [0.15, 0.2) is 0 Å². The summed E-state index contributed by atoms with van der Waals surface area (Å²) >= 11 is 0. The molecule has 2 unspecified atom stereocenters. The number of rotatable bonds is 1. The maximum atomic E-state index is 10.4. The van der Waals surface area contributed by atoms with Gasteiger partial charge in [0.1, 0.15) is 0 Å². The Morgan fingerprint density at radius 2 is 2.36 bits per heavy atom. The molecule has 64 valence electrons. The van der Waals surface area contributed by atoms with Gasteiger partial charge in [-0.05, 0) is 0 Å². The third-order valence-corrected chi connectivity index (χ3v) is 2.11. The summed E-state index contributed by atoms with van der Waals surface area (Å²) in [5.74, 6) is -0.0521. The summed E-state index contributed by atoms with van der Waals surface area (Å²) in [6, 6.07) is -0.474. The summed E-state index contributed by atoms with van der Waals surface area (Å²) in [5, 5.41) is 20.5. The van der Waals surface area contributed by atoms with Gasteiger partial charge in [0.05, 0.1) is 0 Å². The van der Waals surface area contributed by atoms with E-state index >= 15 is 0 Å². The Kier molecular flexibility index (Phi) is 2.41. The predicted molar refractivity (Wildman–Crippen MR) is 37.9 cm³/mol. The molecule has 1 saturated heterocycles. The molecule has 11 heavy (non-hydrogen) atoms. The SMILES string of the molecule is CC1CN(O)CCC1[N+](=O)[O-]. The number of hydrogen-bond acceptors (Lipinski definition) is 4. The molecule has 1 rings (SSSR count). The molecule has 5 heteroatoms. The Morgan fingerprint density at radius 1 is 1.73 bits per heavy atom. The predicted octanol–water partition coefficient (Wildman–Crippen LogP) is 0.363. The molecule has 0 spiro atoms. The van der Waals surface area contributed by atoms with Crippen molar-refractivity contribution in [2.75, 3.05) is 13.1 Å². The molecule has 0 bridgehead atoms. The van der Waals surface area contributed by atoms with Gasteiger partial charge < -0.3 is 5.21 Å². The lowest BCUT2D eigenvalue weighted by Crippen LogP contribution is -2.43. The van der Waals surface area contributed by atoms with Gasteiger partial charge in [-0.15, -0.1) is 0 Å². The fraction of sp³-hybridized carbons (Fsp3) is 1.00. The van der Waals surface area contributed by atoms with Gasteiger partial charge in [-0.3, -0.25) is 10.1 Å². The zero-order chi connectivity index (χ0) is 8.43. The van der Waals surface area contributed by atoms with Crippen molar-refractivity contribution in [3.8, 4) is 0 Å². The summed E-state index contributed by atoms with van der Waals surface area (Å²) in [6.07, 6.45) is 0.449. The fourth-order valence-electron chi connectivity index (χ4n) is 1.42. The van der Waals surface area contributed by atoms with Crippen LogP contribution in [-0.2, 0) is 0 Å². The van der Waals surface area contributed by atoms with Crippen LogP contribution in [-0.4, -0.2) is 34.3 Å². The van der Waals surface area contributed by atoms with E-state index in [4.69, 9.17) is 5.21 Å². The Bertz CT molecular complexity index is 162. The number of piperidine rings is 1. The van der Waals surface area contributed by atoms with Crippen molar-refractivity contribution in [3.05, 3.63) is 10.1 Å². The van der Waals surface area contributed by atoms with Crippen LogP contribution in [0.1, 0.15) is 13.3 Å². The van der Waals surface area contributed by atoms with Crippen LogP contribution in [0.15, 0.2) is 0 Å². The van der Waals surface area contributed by atoms with Crippen molar-refractivity contribution >= 4 is 0 Å². The van der Waals surface area contributed by atoms with Crippen LogP contribution in [0.4, 0.5) is 0 Å². The minimum absolute atomic E-state index is 0.0521. The van der Waals surface area contributed by atoms with Crippen molar-refractivity contribution in [1.29, 1.82) is 0 Å². The molecule has 1 heterocycles. The Morgan fingerprint density at radius 3 is 2.82 bits per heavy atom. The highest BCUT2D eigenvalue weighted by Gasteiger charge is 2.33. The maximum Gasteiger partial charge on any atom is 0.218 e. The van der Waals surface area contributed by atoms with Crippen LogP contribution in [0.25, 0.3) is 0 Å². The molecule has 0 radical (unpaired) electrons. The third kappa shape index (κ3) is 1.87. The van der Waals surface area contributed by atoms with E-state index in [0.29, 0.717) is 19.5 Å². The molecule has 5 nitrogen and oxygen atoms in total. The molecule has 1 N–H and O–H groups in total. The quantitative estimate of drug-likeness (QED) is 0.444. The number of nitrogens with zero attached hydrogens (tertiary/aromatic N) is 2. The van der Waals surface area contributed by atoms with Gasteiger partial charge >= 0.3 is 0 Å². The van der Waals surface area contributed by atoms with Gasteiger partial charge in [0, 0.05) is 30.4 Å². The molecule has 0 amide bonds. The minimum Gasteiger partial charge on any atom is -0.314 e. The number of hydrogen-bond donors (Lipinski definition) is 1. The lowest BCUT2D eigenvalue weighted by molar-refractivity contribution is -0.537. The van der Waals surface area contributed by atoms with Gasteiger partial charge in [0.2, 0.25) is 6.04 Å². The largest absolute Gasteiger partial charge is 0.314 e. The summed E-state index contributed by atoms with van der Waals surface area (Å²) in [6.45, 7) is 2.61. The first-order valence-electron chi connectivity index (χ1n) is 3.68. The summed E-state index contributed by atoms with van der Waals surface area (Å²) < 4.78 is 0. The van der Waals surface area contributed by atoms with Crippen LogP contribution in [0.2, 0.25) is 0 Å². The Balaban J connectivity index is 2.50. The van der Waals surface area contributed by atoms with Gasteiger partial charge in [-0.2, -0.15) is 5.06 Å². The van der Waals surface area contributed by atoms with Crippen LogP contribution >= 0.6 is 0 Å². The zero-order valence-corrected chi connectivity index (χ0v) is 6.43. The van der Waals surface area contributed by atoms with Crippen LogP contribution < -0.4 is 0 Å². The molecular formula is C6H12N2O3. The van der Waals surface area contributed by atoms with Crippen LogP contribution in [0.3, 0.4) is 0 Å². The normalized spacial score (nSPS) is 33.6. The molecule has 0 saturated carbocycles. The van der Waals surface area contributed by atoms with Crippen molar-refractivity contribution in [2.24, 2.45) is 5.92 Å². The van der Waals surface area contributed by atoms with E-state index < -0.39 is 6.04 Å². The standard InChI is InChI=1S/C6H12N2O3/c1-5-4-7(9)3-2-6(5)8(10)11/h5-6,9H,2-4H2,1H3. The van der Waals surface area contributed by atoms with E-state index in [1.54, 1.807) is 6.92 Å². The molecule has 0 aliphatic carbocycles. The van der Waals surface area contributed by atoms with Gasteiger partial charge in [-0.25, -0.2) is 0 Å². The van der Waals surface area contributed by atoms with Crippen LogP contribution in [0, 0.1) is 16.0 Å². The molecule has 1 aliphatic heterocycles. The first kappa shape index (κ1) is 8.42. The van der Waals surface area contributed by atoms with Crippen molar-refractivity contribution in [3.63, 3.8) is 0 Å². The third-order valence-electron chi connectivity index (χ3n) is 2.11. The molecule has 0 aromatic carbocycles. The average molecular weight is 160 g/mol. The first-order valence-corrected chi connectivity index (χ1v) is 3.68. The second-order valence-electron chi connectivity index (χ2n) is 3.03. The van der Waals surface area contributed by atoms with Crippen molar-refractivity contribution in [2.45, 2.75) is 19.4 Å². The second-order valence-corrected chi connectivity index (χ2v) is 3.03. The molecule has 1 aliphatic rings. The average Bonchev–Trinajstić information content (AvgIpc) is 1.85. The van der Waals surface area contributed by atoms with E-state index in [-0.39, 0.29) is 10.8 Å². The summed E-state index contributed by atoms with van der Waals surface area (Å²) in [5.41, 5.74) is 0. The van der Waals surface area contributed by atoms with Crippen molar-refractivity contribution in [1.82, 2.24) is 5.06 Å². The molecule has 1 fully saturated rings. The van der Waals surface area contributed by atoms with E-state index in [2.05, 4.69) is 0 Å². The molecular weight excluding hydrogens is 148 g/mol. The minimum atomic E-state index is -0.474. The number of hydroxylamine groups is 2. The lowest BCUT2D eigenvalue weighted by Gasteiger charge is -2.27. The highest BCUT2D eigenvalue weighted by molar-refractivity contribution is 4.73. The topological polar surface area (TPSA) is 66.6 Å². The van der Waals surface area contributed by atoms with Gasteiger partial charge in [-0.1, -0.05) is 6.92 Å². The smallest absolute Gasteiger partial charge is 0.218 e. The molecule has 0 aromatic heterocycles. The summed E-state index contributed by atoms with van der Waals surface area (Å²) in [4.78, 5) is 10.1. The fourth-order valence-corrected chi connectivity index (χ4v) is 1.42. The van der Waals surface area contributed by atoms with E-state index in [9.17, 15) is 10.1 Å². The van der Waals surface area contributed by atoms with Crippen molar-refractivity contribution < 1.29 is 10.1 Å². The summed E-state index contributed by atoms with van der Waals surface area (Å²) in [7, 11) is 0. The lowest BCUT2D eigenvalue weighted by atomic mass is 9.96. The van der Waals surface area contributed by atoms with E-state index in [1.807, 2.05) is 0 Å². The maximum absolute atomic E-state index is 10.4. The van der Waals surface area contributed by atoms with E-state index in [1.165, 1.54) is 0 Å². The Hall–Kier alpha value is -0.680. The zero-order valence-electron chi connectivity index (χ0n) is 6.43. The van der Waals surface area contributed by atoms with E-state index in [0.717, 1.165) is 5.06 Å². The number of nitro groups is 1.